The molecular formula is C68H43N7. The standard InChI is InChI=1S/C68H43N7/c1-3-11-51(12-4-1)73-62-17-9-7-15-54(62)56-39-47(21-27-64(56)73)49-23-29-66-58(41-49)59-42-50(48-22-28-65-57(40-48)55-16-8-10-18-63(55)74(65)52-13-5-2-6-14-52)24-30-67(59)75(66)53-25-19-46(20-26-53)68-71-60(44-31-35-69-36-32-44)43-61(72-68)45-33-37-70-38-34-45/h1-43H. The molecule has 0 radical (unpaired) electrons. The summed E-state index contributed by atoms with van der Waals surface area (Å²) in [5, 5.41) is 7.27. The molecule has 6 aromatic heterocycles. The summed E-state index contributed by atoms with van der Waals surface area (Å²) in [7, 11) is 0. The van der Waals surface area contributed by atoms with Gasteiger partial charge in [-0.15, -0.1) is 0 Å². The topological polar surface area (TPSA) is 66.3 Å². The average Bonchev–Trinajstić information content (AvgIpc) is 4.13. The monoisotopic (exact) mass is 957 g/mol. The first-order chi connectivity index (χ1) is 37.2. The summed E-state index contributed by atoms with van der Waals surface area (Å²) >= 11 is 0. The SMILES string of the molecule is c1ccc(-n2c3ccccc3c3cc(-c4ccc5c(c4)c4cc(-c6ccc7c(c6)c6ccccc6n7-c6ccccc6)ccc4n5-c4ccc(-c5nc(-c6ccncc6)cc(-c6ccncc6)n5)cc4)ccc32)cc1. The highest BCUT2D eigenvalue weighted by atomic mass is 15.0. The van der Waals surface area contributed by atoms with Crippen LogP contribution in [0.3, 0.4) is 0 Å². The molecule has 0 unspecified atom stereocenters. The molecule has 7 heteroatoms. The van der Waals surface area contributed by atoms with Gasteiger partial charge in [0.2, 0.25) is 0 Å². The van der Waals surface area contributed by atoms with E-state index in [1.807, 2.05) is 30.3 Å². The zero-order chi connectivity index (χ0) is 49.4. The van der Waals surface area contributed by atoms with Crippen LogP contribution in [0.5, 0.6) is 0 Å². The summed E-state index contributed by atoms with van der Waals surface area (Å²) < 4.78 is 7.14. The number of pyridine rings is 2. The molecule has 0 aliphatic rings. The Hall–Kier alpha value is -10.2. The number of fused-ring (bicyclic) bond motifs is 9. The molecule has 9 aromatic carbocycles. The molecule has 15 rings (SSSR count). The molecule has 0 saturated heterocycles. The van der Waals surface area contributed by atoms with Gasteiger partial charge in [-0.1, -0.05) is 97.1 Å². The van der Waals surface area contributed by atoms with Crippen molar-refractivity contribution in [1.29, 1.82) is 0 Å². The smallest absolute Gasteiger partial charge is 0.160 e. The van der Waals surface area contributed by atoms with Crippen LogP contribution in [0.4, 0.5) is 0 Å². The third-order valence-corrected chi connectivity index (χ3v) is 14.9. The Balaban J connectivity index is 0.897. The highest BCUT2D eigenvalue weighted by molar-refractivity contribution is 6.14. The lowest BCUT2D eigenvalue weighted by molar-refractivity contribution is 1.16. The average molecular weight is 958 g/mol. The van der Waals surface area contributed by atoms with E-state index < -0.39 is 0 Å². The molecule has 6 heterocycles. The van der Waals surface area contributed by atoms with Crippen molar-refractivity contribution in [2.24, 2.45) is 0 Å². The molecular weight excluding hydrogens is 915 g/mol. The predicted octanol–water partition coefficient (Wildman–Crippen LogP) is 16.9. The van der Waals surface area contributed by atoms with Crippen LogP contribution < -0.4 is 0 Å². The van der Waals surface area contributed by atoms with Crippen molar-refractivity contribution in [2.75, 3.05) is 0 Å². The van der Waals surface area contributed by atoms with E-state index >= 15 is 0 Å². The lowest BCUT2D eigenvalue weighted by Crippen LogP contribution is -1.97. The molecule has 0 aliphatic heterocycles. The molecule has 0 saturated carbocycles. The van der Waals surface area contributed by atoms with Crippen LogP contribution in [0.2, 0.25) is 0 Å². The summed E-state index contributed by atoms with van der Waals surface area (Å²) in [5.74, 6) is 0.645. The minimum atomic E-state index is 0.645. The summed E-state index contributed by atoms with van der Waals surface area (Å²) in [5.41, 5.74) is 19.5. The molecule has 350 valence electrons. The van der Waals surface area contributed by atoms with E-state index in [1.54, 1.807) is 24.8 Å². The Kier molecular flexibility index (Phi) is 9.75. The van der Waals surface area contributed by atoms with E-state index in [1.165, 1.54) is 65.5 Å². The van der Waals surface area contributed by atoms with Crippen LogP contribution in [0, 0.1) is 0 Å². The lowest BCUT2D eigenvalue weighted by Gasteiger charge is -2.12. The summed E-state index contributed by atoms with van der Waals surface area (Å²) in [6, 6.07) is 85.2. The zero-order valence-electron chi connectivity index (χ0n) is 40.5. The highest BCUT2D eigenvalue weighted by Gasteiger charge is 2.19. The first-order valence-electron chi connectivity index (χ1n) is 25.3. The number of hydrogen-bond acceptors (Lipinski definition) is 4. The van der Waals surface area contributed by atoms with E-state index in [0.717, 1.165) is 67.3 Å². The third-order valence-electron chi connectivity index (χ3n) is 14.9. The molecule has 0 atom stereocenters. The van der Waals surface area contributed by atoms with E-state index in [-0.39, 0.29) is 0 Å². The van der Waals surface area contributed by atoms with Crippen molar-refractivity contribution in [3.63, 3.8) is 0 Å². The Morgan fingerprint density at radius 3 is 0.947 bits per heavy atom. The number of hydrogen-bond donors (Lipinski definition) is 0. The van der Waals surface area contributed by atoms with Gasteiger partial charge < -0.3 is 13.7 Å². The fourth-order valence-corrected chi connectivity index (χ4v) is 11.4. The van der Waals surface area contributed by atoms with Gasteiger partial charge >= 0.3 is 0 Å². The second kappa shape index (κ2) is 17.2. The number of rotatable bonds is 8. The molecule has 0 fully saturated rings. The van der Waals surface area contributed by atoms with Gasteiger partial charge in [-0.05, 0) is 162 Å². The largest absolute Gasteiger partial charge is 0.309 e. The number of aromatic nitrogens is 7. The number of benzene rings is 9. The number of para-hydroxylation sites is 4. The predicted molar refractivity (Wildman–Crippen MR) is 308 cm³/mol. The van der Waals surface area contributed by atoms with E-state index in [9.17, 15) is 0 Å². The number of nitrogens with zero attached hydrogens (tertiary/aromatic N) is 7. The second-order valence-corrected chi connectivity index (χ2v) is 19.1. The molecule has 0 amide bonds. The summed E-state index contributed by atoms with van der Waals surface area (Å²) in [6.07, 6.45) is 7.18. The van der Waals surface area contributed by atoms with Crippen LogP contribution in [0.15, 0.2) is 261 Å². The molecule has 0 spiro atoms. The van der Waals surface area contributed by atoms with Gasteiger partial charge in [0.25, 0.3) is 0 Å². The minimum Gasteiger partial charge on any atom is -0.309 e. The van der Waals surface area contributed by atoms with E-state index in [2.05, 4.69) is 230 Å². The molecule has 0 N–H and O–H groups in total. The van der Waals surface area contributed by atoms with E-state index in [4.69, 9.17) is 9.97 Å². The highest BCUT2D eigenvalue weighted by Crippen LogP contribution is 2.41. The van der Waals surface area contributed by atoms with Crippen molar-refractivity contribution in [1.82, 2.24) is 33.6 Å². The summed E-state index contributed by atoms with van der Waals surface area (Å²) in [4.78, 5) is 18.7. The maximum atomic E-state index is 5.11. The Morgan fingerprint density at radius 1 is 0.227 bits per heavy atom. The fraction of sp³-hybridized carbons (Fsp3) is 0. The molecule has 75 heavy (non-hydrogen) atoms. The fourth-order valence-electron chi connectivity index (χ4n) is 11.4. The quantitative estimate of drug-likeness (QED) is 0.152. The van der Waals surface area contributed by atoms with Crippen molar-refractivity contribution in [3.8, 4) is 73.2 Å². The van der Waals surface area contributed by atoms with Gasteiger partial charge in [-0.25, -0.2) is 9.97 Å². The first kappa shape index (κ1) is 42.4. The van der Waals surface area contributed by atoms with Gasteiger partial charge in [0.15, 0.2) is 5.82 Å². The maximum Gasteiger partial charge on any atom is 0.160 e. The third kappa shape index (κ3) is 7.05. The minimum absolute atomic E-state index is 0.645. The van der Waals surface area contributed by atoms with Crippen LogP contribution in [-0.2, 0) is 0 Å². The van der Waals surface area contributed by atoms with Gasteiger partial charge in [-0.2, -0.15) is 0 Å². The normalized spacial score (nSPS) is 11.7. The van der Waals surface area contributed by atoms with E-state index in [0.29, 0.717) is 5.82 Å². The Bertz CT molecular complexity index is 4400. The first-order valence-corrected chi connectivity index (χ1v) is 25.3. The van der Waals surface area contributed by atoms with Crippen molar-refractivity contribution >= 4 is 65.4 Å². The van der Waals surface area contributed by atoms with Crippen molar-refractivity contribution in [3.05, 3.63) is 261 Å². The van der Waals surface area contributed by atoms with Crippen LogP contribution >= 0.6 is 0 Å². The van der Waals surface area contributed by atoms with Gasteiger partial charge in [0, 0.05) is 90.9 Å². The zero-order valence-corrected chi connectivity index (χ0v) is 40.5. The Morgan fingerprint density at radius 2 is 0.547 bits per heavy atom. The van der Waals surface area contributed by atoms with Gasteiger partial charge in [0.1, 0.15) is 0 Å². The molecule has 0 aliphatic carbocycles. The summed E-state index contributed by atoms with van der Waals surface area (Å²) in [6.45, 7) is 0. The van der Waals surface area contributed by atoms with Crippen molar-refractivity contribution < 1.29 is 0 Å². The lowest BCUT2D eigenvalue weighted by atomic mass is 9.98. The van der Waals surface area contributed by atoms with Crippen LogP contribution in [0.25, 0.3) is 139 Å². The molecule has 0 bridgehead atoms. The second-order valence-electron chi connectivity index (χ2n) is 19.1. The van der Waals surface area contributed by atoms with Gasteiger partial charge in [0.05, 0.1) is 44.5 Å². The van der Waals surface area contributed by atoms with Crippen LogP contribution in [0.1, 0.15) is 0 Å². The maximum absolute atomic E-state index is 5.11. The van der Waals surface area contributed by atoms with Crippen LogP contribution in [-0.4, -0.2) is 33.6 Å². The molecule has 15 aromatic rings. The van der Waals surface area contributed by atoms with Crippen molar-refractivity contribution in [2.45, 2.75) is 0 Å². The molecule has 7 nitrogen and oxygen atoms in total. The van der Waals surface area contributed by atoms with Gasteiger partial charge in [-0.3, -0.25) is 9.97 Å². The Labute approximate surface area is 431 Å².